The van der Waals surface area contributed by atoms with E-state index in [1.165, 1.54) is 7.11 Å². The highest BCUT2D eigenvalue weighted by Gasteiger charge is 2.12. The molecule has 0 spiro atoms. The molecule has 0 bridgehead atoms. The number of aryl methyl sites for hydroxylation is 1. The summed E-state index contributed by atoms with van der Waals surface area (Å²) in [5.41, 5.74) is 0.463. The molecule has 0 unspecified atom stereocenters. The van der Waals surface area contributed by atoms with E-state index < -0.39 is 0 Å². The number of amides is 1. The Morgan fingerprint density at radius 2 is 2.04 bits per heavy atom. The first kappa shape index (κ1) is 17.0. The fourth-order valence-corrected chi connectivity index (χ4v) is 3.14. The Bertz CT molecular complexity index is 888. The zero-order valence-corrected chi connectivity index (χ0v) is 15.0. The van der Waals surface area contributed by atoms with Crippen molar-refractivity contribution in [3.8, 4) is 11.5 Å². The van der Waals surface area contributed by atoms with E-state index in [2.05, 4.69) is 15.3 Å². The fourth-order valence-electron chi connectivity index (χ4n) is 2.34. The van der Waals surface area contributed by atoms with Crippen molar-refractivity contribution in [3.63, 3.8) is 0 Å². The second-order valence-corrected chi connectivity index (χ2v) is 6.62. The van der Waals surface area contributed by atoms with Crippen LogP contribution in [0.25, 0.3) is 0 Å². The van der Waals surface area contributed by atoms with Gasteiger partial charge in [-0.1, -0.05) is 0 Å². The van der Waals surface area contributed by atoms with Gasteiger partial charge in [0.05, 0.1) is 32.1 Å². The molecule has 3 aromatic rings. The predicted octanol–water partition coefficient (Wildman–Crippen LogP) is 2.97. The van der Waals surface area contributed by atoms with Gasteiger partial charge in [0.2, 0.25) is 0 Å². The number of hydrogen-bond donors (Lipinski definition) is 1. The molecule has 0 fully saturated rings. The standard InChI is InChI=1S/C17H18N4O3S/c1-11-18-7-13(25-11)8-21-9-16(19-10-21)20-17(22)12-4-5-14(23-2)15(6-12)24-3/h4-7,9-10H,8H2,1-3H3,(H,20,22). The smallest absolute Gasteiger partial charge is 0.256 e. The van der Waals surface area contributed by atoms with Crippen LogP contribution >= 0.6 is 11.3 Å². The number of hydrogen-bond acceptors (Lipinski definition) is 6. The van der Waals surface area contributed by atoms with Crippen LogP contribution < -0.4 is 14.8 Å². The van der Waals surface area contributed by atoms with Crippen molar-refractivity contribution in [1.29, 1.82) is 0 Å². The summed E-state index contributed by atoms with van der Waals surface area (Å²) in [4.78, 5) is 22.0. The van der Waals surface area contributed by atoms with Crippen molar-refractivity contribution in [2.45, 2.75) is 13.5 Å². The Morgan fingerprint density at radius 3 is 2.72 bits per heavy atom. The zero-order chi connectivity index (χ0) is 17.8. The molecule has 2 heterocycles. The van der Waals surface area contributed by atoms with E-state index >= 15 is 0 Å². The summed E-state index contributed by atoms with van der Waals surface area (Å²) in [6.07, 6.45) is 5.31. The molecule has 0 radical (unpaired) electrons. The van der Waals surface area contributed by atoms with E-state index in [1.807, 2.05) is 17.7 Å². The number of anilines is 1. The van der Waals surface area contributed by atoms with Crippen molar-refractivity contribution in [2.75, 3.05) is 19.5 Å². The van der Waals surface area contributed by atoms with Crippen LogP contribution in [0.2, 0.25) is 0 Å². The molecule has 0 saturated heterocycles. The predicted molar refractivity (Wildman–Crippen MR) is 95.7 cm³/mol. The van der Waals surface area contributed by atoms with Crippen LogP contribution in [-0.2, 0) is 6.54 Å². The molecule has 1 amide bonds. The minimum Gasteiger partial charge on any atom is -0.493 e. The minimum absolute atomic E-state index is 0.264. The van der Waals surface area contributed by atoms with Gasteiger partial charge in [0.15, 0.2) is 17.3 Å². The highest BCUT2D eigenvalue weighted by Crippen LogP contribution is 2.27. The van der Waals surface area contributed by atoms with E-state index in [-0.39, 0.29) is 5.91 Å². The van der Waals surface area contributed by atoms with Gasteiger partial charge in [0.25, 0.3) is 5.91 Å². The lowest BCUT2D eigenvalue weighted by atomic mass is 10.2. The summed E-state index contributed by atoms with van der Waals surface area (Å²) in [5, 5.41) is 3.80. The van der Waals surface area contributed by atoms with Gasteiger partial charge in [0, 0.05) is 22.8 Å². The van der Waals surface area contributed by atoms with Crippen LogP contribution in [0.3, 0.4) is 0 Å². The number of nitrogens with one attached hydrogen (secondary N) is 1. The molecule has 8 heteroatoms. The Hall–Kier alpha value is -2.87. The maximum absolute atomic E-state index is 12.4. The summed E-state index contributed by atoms with van der Waals surface area (Å²) >= 11 is 1.64. The van der Waals surface area contributed by atoms with Crippen LogP contribution in [0.1, 0.15) is 20.2 Å². The van der Waals surface area contributed by atoms with Crippen molar-refractivity contribution in [1.82, 2.24) is 14.5 Å². The third kappa shape index (κ3) is 3.97. The average Bonchev–Trinajstić information content (AvgIpc) is 3.23. The number of ether oxygens (including phenoxy) is 2. The summed E-state index contributed by atoms with van der Waals surface area (Å²) in [6, 6.07) is 5.00. The van der Waals surface area contributed by atoms with Crippen LogP contribution in [0.5, 0.6) is 11.5 Å². The number of methoxy groups -OCH3 is 2. The van der Waals surface area contributed by atoms with Crippen molar-refractivity contribution >= 4 is 23.1 Å². The van der Waals surface area contributed by atoms with Gasteiger partial charge in [-0.3, -0.25) is 4.79 Å². The zero-order valence-electron chi connectivity index (χ0n) is 14.1. The number of rotatable bonds is 6. The van der Waals surface area contributed by atoms with Crippen molar-refractivity contribution in [3.05, 3.63) is 52.4 Å². The van der Waals surface area contributed by atoms with E-state index in [0.29, 0.717) is 29.4 Å². The molecule has 25 heavy (non-hydrogen) atoms. The number of benzene rings is 1. The molecular weight excluding hydrogens is 340 g/mol. The number of aromatic nitrogens is 3. The van der Waals surface area contributed by atoms with Gasteiger partial charge >= 0.3 is 0 Å². The molecule has 1 aromatic carbocycles. The number of imidazole rings is 1. The van der Waals surface area contributed by atoms with Gasteiger partial charge < -0.3 is 19.4 Å². The lowest BCUT2D eigenvalue weighted by Gasteiger charge is -2.09. The maximum Gasteiger partial charge on any atom is 0.256 e. The normalized spacial score (nSPS) is 10.5. The largest absolute Gasteiger partial charge is 0.493 e. The first-order valence-electron chi connectivity index (χ1n) is 7.55. The monoisotopic (exact) mass is 358 g/mol. The first-order valence-corrected chi connectivity index (χ1v) is 8.37. The molecule has 2 aromatic heterocycles. The molecule has 0 atom stereocenters. The summed E-state index contributed by atoms with van der Waals surface area (Å²) in [5.74, 6) is 1.30. The van der Waals surface area contributed by atoms with Crippen LogP contribution in [0.4, 0.5) is 5.82 Å². The lowest BCUT2D eigenvalue weighted by molar-refractivity contribution is 0.102. The fraction of sp³-hybridized carbons (Fsp3) is 0.235. The Kier molecular flexibility index (Phi) is 4.99. The minimum atomic E-state index is -0.264. The molecule has 3 rings (SSSR count). The molecule has 7 nitrogen and oxygen atoms in total. The Morgan fingerprint density at radius 1 is 1.24 bits per heavy atom. The van der Waals surface area contributed by atoms with Crippen LogP contribution in [-0.4, -0.2) is 34.7 Å². The summed E-state index contributed by atoms with van der Waals surface area (Å²) in [6.45, 7) is 2.64. The molecule has 0 aliphatic carbocycles. The highest BCUT2D eigenvalue weighted by atomic mass is 32.1. The second kappa shape index (κ2) is 7.35. The van der Waals surface area contributed by atoms with Gasteiger partial charge in [0.1, 0.15) is 0 Å². The molecule has 0 saturated carbocycles. The van der Waals surface area contributed by atoms with Gasteiger partial charge in [-0.2, -0.15) is 0 Å². The SMILES string of the molecule is COc1ccc(C(=O)Nc2cn(Cc3cnc(C)s3)cn2)cc1OC. The van der Waals surface area contributed by atoms with Crippen LogP contribution in [0.15, 0.2) is 36.9 Å². The van der Waals surface area contributed by atoms with Crippen molar-refractivity contribution < 1.29 is 14.3 Å². The quantitative estimate of drug-likeness (QED) is 0.733. The van der Waals surface area contributed by atoms with E-state index in [9.17, 15) is 4.79 Å². The highest BCUT2D eigenvalue weighted by molar-refractivity contribution is 7.11. The molecule has 1 N–H and O–H groups in total. The lowest BCUT2D eigenvalue weighted by Crippen LogP contribution is -2.12. The third-order valence-electron chi connectivity index (χ3n) is 3.53. The molecule has 0 aliphatic heterocycles. The number of carbonyl (C=O) groups excluding carboxylic acids is 1. The van der Waals surface area contributed by atoms with Crippen molar-refractivity contribution in [2.24, 2.45) is 0 Å². The number of carbonyl (C=O) groups is 1. The van der Waals surface area contributed by atoms with Gasteiger partial charge in [-0.05, 0) is 25.1 Å². The van der Waals surface area contributed by atoms with E-state index in [0.717, 1.165) is 9.88 Å². The number of thiazole rings is 1. The molecule has 130 valence electrons. The first-order chi connectivity index (χ1) is 12.1. The third-order valence-corrected chi connectivity index (χ3v) is 4.43. The van der Waals surface area contributed by atoms with Crippen LogP contribution in [0, 0.1) is 6.92 Å². The molecule has 0 aliphatic rings. The number of nitrogens with zero attached hydrogens (tertiary/aromatic N) is 3. The summed E-state index contributed by atoms with van der Waals surface area (Å²) in [7, 11) is 3.08. The van der Waals surface area contributed by atoms with Gasteiger partial charge in [-0.15, -0.1) is 11.3 Å². The summed E-state index contributed by atoms with van der Waals surface area (Å²) < 4.78 is 12.3. The average molecular weight is 358 g/mol. The maximum atomic E-state index is 12.4. The van der Waals surface area contributed by atoms with E-state index in [1.54, 1.807) is 49.2 Å². The topological polar surface area (TPSA) is 78.3 Å². The molecular formula is C17H18N4O3S. The Balaban J connectivity index is 1.69. The van der Waals surface area contributed by atoms with E-state index in [4.69, 9.17) is 9.47 Å². The Labute approximate surface area is 149 Å². The van der Waals surface area contributed by atoms with Gasteiger partial charge in [-0.25, -0.2) is 9.97 Å². The second-order valence-electron chi connectivity index (χ2n) is 5.30.